The van der Waals surface area contributed by atoms with Gasteiger partial charge in [-0.3, -0.25) is 9.59 Å². The summed E-state index contributed by atoms with van der Waals surface area (Å²) in [4.78, 5) is 24.9. The quantitative estimate of drug-likeness (QED) is 0.285. The number of fused-ring (bicyclic) bond motifs is 1. The number of allylic oxidation sites excluding steroid dienone is 1. The zero-order valence-electron chi connectivity index (χ0n) is 20.7. The van der Waals surface area contributed by atoms with Gasteiger partial charge >= 0.3 is 5.97 Å². The lowest BCUT2D eigenvalue weighted by Gasteiger charge is -2.53. The minimum Gasteiger partial charge on any atom is -0.516 e. The van der Waals surface area contributed by atoms with Gasteiger partial charge in [-0.05, 0) is 50.0 Å². The first-order chi connectivity index (χ1) is 15.1. The number of Topliss-reactive ketones (excluding diaryl/α,β-unsaturated/α-hetero) is 1. The minimum atomic E-state index is -0.714. The summed E-state index contributed by atoms with van der Waals surface area (Å²) < 4.78 is 18.1. The van der Waals surface area contributed by atoms with Gasteiger partial charge in [0.05, 0.1) is 18.5 Å². The highest BCUT2D eigenvalue weighted by Gasteiger charge is 2.93. The van der Waals surface area contributed by atoms with Crippen molar-refractivity contribution in [2.75, 3.05) is 6.61 Å². The fourth-order valence-corrected chi connectivity index (χ4v) is 6.90. The second-order valence-electron chi connectivity index (χ2n) is 10.1. The normalized spacial score (nSPS) is 42.6. The van der Waals surface area contributed by atoms with Gasteiger partial charge in [0.2, 0.25) is 0 Å². The van der Waals surface area contributed by atoms with Crippen LogP contribution in [0.1, 0.15) is 74.1 Å². The highest BCUT2D eigenvalue weighted by molar-refractivity contribution is 5.97. The molecule has 1 N–H and O–H groups in total. The molecule has 6 heteroatoms. The number of carbonyl (C=O) groups excluding carboxylic acids is 2. The Bertz CT molecular complexity index is 815. The van der Waals surface area contributed by atoms with E-state index in [1.807, 2.05) is 13.8 Å². The Morgan fingerprint density at radius 3 is 2.47 bits per heavy atom. The summed E-state index contributed by atoms with van der Waals surface area (Å²) in [6, 6.07) is 0. The summed E-state index contributed by atoms with van der Waals surface area (Å²) >= 11 is 0. The molecule has 2 unspecified atom stereocenters. The average Bonchev–Trinajstić information content (AvgIpc) is 3.64. The topological polar surface area (TPSA) is 88.7 Å². The molecule has 2 aliphatic heterocycles. The summed E-state index contributed by atoms with van der Waals surface area (Å²) in [5, 5.41) is 7.33. The van der Waals surface area contributed by atoms with Gasteiger partial charge in [0.1, 0.15) is 12.2 Å². The first kappa shape index (κ1) is 25.0. The third kappa shape index (κ3) is 3.20. The fraction of sp³-hybridized carbons (Fsp3) is 0.769. The van der Waals surface area contributed by atoms with Gasteiger partial charge in [0.25, 0.3) is 0 Å². The third-order valence-corrected chi connectivity index (χ3v) is 8.46. The third-order valence-electron chi connectivity index (χ3n) is 8.46. The number of epoxide rings is 2. The zero-order valence-corrected chi connectivity index (χ0v) is 20.7. The molecule has 2 spiro atoms. The smallest absolute Gasteiger partial charge is 0.302 e. The van der Waals surface area contributed by atoms with E-state index in [0.29, 0.717) is 12.5 Å². The van der Waals surface area contributed by atoms with Crippen LogP contribution in [0.2, 0.25) is 0 Å². The average molecular weight is 449 g/mol. The number of ketones is 1. The van der Waals surface area contributed by atoms with Crippen molar-refractivity contribution in [3.05, 3.63) is 24.0 Å². The van der Waals surface area contributed by atoms with Gasteiger partial charge in [-0.25, -0.2) is 0 Å². The van der Waals surface area contributed by atoms with E-state index in [-0.39, 0.29) is 41.2 Å². The van der Waals surface area contributed by atoms with Crippen molar-refractivity contribution in [3.8, 4) is 0 Å². The van der Waals surface area contributed by atoms with E-state index in [0.717, 1.165) is 31.9 Å². The summed E-state index contributed by atoms with van der Waals surface area (Å²) in [7, 11) is 0. The Labute approximate surface area is 192 Å². The van der Waals surface area contributed by atoms with Gasteiger partial charge in [-0.15, -0.1) is 0 Å². The van der Waals surface area contributed by atoms with E-state index in [1.165, 1.54) is 18.1 Å². The van der Waals surface area contributed by atoms with Crippen LogP contribution in [0.3, 0.4) is 0 Å². The lowest BCUT2D eigenvalue weighted by Crippen LogP contribution is -2.65. The van der Waals surface area contributed by atoms with E-state index in [2.05, 4.69) is 34.3 Å². The van der Waals surface area contributed by atoms with Crippen LogP contribution >= 0.6 is 0 Å². The Morgan fingerprint density at radius 1 is 1.28 bits per heavy atom. The molecule has 7 atom stereocenters. The first-order valence-corrected chi connectivity index (χ1v) is 12.1. The summed E-state index contributed by atoms with van der Waals surface area (Å²) in [6.07, 6.45) is 4.43. The molecule has 4 fully saturated rings. The van der Waals surface area contributed by atoms with E-state index in [4.69, 9.17) is 19.3 Å². The molecular formula is C26H40O6. The second kappa shape index (κ2) is 8.60. The van der Waals surface area contributed by atoms with Crippen LogP contribution in [-0.4, -0.2) is 46.9 Å². The van der Waals surface area contributed by atoms with Crippen molar-refractivity contribution in [3.63, 3.8) is 0 Å². The van der Waals surface area contributed by atoms with Crippen molar-refractivity contribution in [2.24, 2.45) is 23.2 Å². The monoisotopic (exact) mass is 448 g/mol. The number of hydrogen-bond acceptors (Lipinski definition) is 6. The standard InChI is InChI=1S/C22H30O5.C2H4O.C2H6/c1-11(2)14-8-18-22(27-18)20(5)7-6-12(3)15(10-25-13(4)23)16(20)9-17-21(22,26-17)19(14)24;1-2-3;1-2/h11,14,16-18H,6-10H2,1-5H3;2-3H,1H2;1-2H3/t14?,16?,17-,18-,20-,21+,22+;;/m0../s1. The number of esters is 1. The van der Waals surface area contributed by atoms with Crippen LogP contribution in [0.5, 0.6) is 0 Å². The maximum Gasteiger partial charge on any atom is 0.302 e. The summed E-state index contributed by atoms with van der Waals surface area (Å²) in [5.74, 6) is 0.639. The molecule has 0 amide bonds. The maximum atomic E-state index is 13.5. The van der Waals surface area contributed by atoms with Gasteiger partial charge < -0.3 is 19.3 Å². The van der Waals surface area contributed by atoms with Crippen LogP contribution in [0.15, 0.2) is 24.0 Å². The van der Waals surface area contributed by atoms with E-state index < -0.39 is 11.2 Å². The molecule has 0 aromatic heterocycles. The molecule has 0 aromatic rings. The Morgan fingerprint density at radius 2 is 1.91 bits per heavy atom. The second-order valence-corrected chi connectivity index (χ2v) is 10.1. The van der Waals surface area contributed by atoms with Crippen molar-refractivity contribution in [2.45, 2.75) is 97.6 Å². The highest BCUT2D eigenvalue weighted by Crippen LogP contribution is 2.78. The number of ether oxygens (including phenoxy) is 3. The lowest BCUT2D eigenvalue weighted by molar-refractivity contribution is -0.141. The van der Waals surface area contributed by atoms with Gasteiger partial charge in [0, 0.05) is 18.3 Å². The molecule has 2 saturated carbocycles. The predicted octanol–water partition coefficient (Wildman–Crippen LogP) is 4.92. The van der Waals surface area contributed by atoms with Crippen molar-refractivity contribution >= 4 is 11.8 Å². The molecular weight excluding hydrogens is 408 g/mol. The Balaban J connectivity index is 0.000000536. The molecule has 32 heavy (non-hydrogen) atoms. The SMILES string of the molecule is C=CO.CC.CC(=O)OCC1=C(C)CC[C@@]2(C)C1C[C@@H]1O[C@@]13C(=O)C(C(C)C)C[C@@H]1O[C@]123. The molecule has 3 aliphatic carbocycles. The number of aliphatic hydroxyl groups is 1. The number of rotatable bonds is 3. The highest BCUT2D eigenvalue weighted by atomic mass is 16.7. The Hall–Kier alpha value is -1.66. The first-order valence-electron chi connectivity index (χ1n) is 12.1. The zero-order chi connectivity index (χ0) is 24.1. The maximum absolute atomic E-state index is 13.5. The summed E-state index contributed by atoms with van der Waals surface area (Å²) in [6.45, 7) is 17.4. The number of aliphatic hydroxyl groups excluding tert-OH is 1. The molecule has 180 valence electrons. The van der Waals surface area contributed by atoms with Crippen LogP contribution in [0, 0.1) is 23.2 Å². The minimum absolute atomic E-state index is 0.0390. The lowest BCUT2D eigenvalue weighted by atomic mass is 9.47. The molecule has 2 saturated heterocycles. The Kier molecular flexibility index (Phi) is 6.71. The predicted molar refractivity (Wildman–Crippen MR) is 122 cm³/mol. The molecule has 0 bridgehead atoms. The molecule has 2 heterocycles. The van der Waals surface area contributed by atoms with E-state index in [9.17, 15) is 9.59 Å². The van der Waals surface area contributed by atoms with Gasteiger partial charge in [-0.1, -0.05) is 46.8 Å². The van der Waals surface area contributed by atoms with Crippen molar-refractivity contribution in [1.82, 2.24) is 0 Å². The van der Waals surface area contributed by atoms with Crippen molar-refractivity contribution < 1.29 is 28.9 Å². The molecule has 6 nitrogen and oxygen atoms in total. The molecule has 0 radical (unpaired) electrons. The van der Waals surface area contributed by atoms with Crippen LogP contribution in [0.4, 0.5) is 0 Å². The van der Waals surface area contributed by atoms with Crippen LogP contribution in [0.25, 0.3) is 0 Å². The van der Waals surface area contributed by atoms with Gasteiger partial charge in [0.15, 0.2) is 11.4 Å². The van der Waals surface area contributed by atoms with Crippen LogP contribution < -0.4 is 0 Å². The molecule has 0 aromatic carbocycles. The van der Waals surface area contributed by atoms with E-state index in [1.54, 1.807) is 0 Å². The van der Waals surface area contributed by atoms with Gasteiger partial charge in [-0.2, -0.15) is 0 Å². The summed E-state index contributed by atoms with van der Waals surface area (Å²) in [5.41, 5.74) is 1.22. The van der Waals surface area contributed by atoms with E-state index >= 15 is 0 Å². The number of carbonyl (C=O) groups is 2. The molecule has 5 aliphatic rings. The van der Waals surface area contributed by atoms with Crippen molar-refractivity contribution in [1.29, 1.82) is 0 Å². The largest absolute Gasteiger partial charge is 0.516 e. The number of hydrogen-bond donors (Lipinski definition) is 1. The fourth-order valence-electron chi connectivity index (χ4n) is 6.90. The van der Waals surface area contributed by atoms with Crippen LogP contribution in [-0.2, 0) is 23.8 Å². The molecule has 5 rings (SSSR count).